The molecule has 0 fully saturated rings. The fraction of sp³-hybridized carbons (Fsp3) is 0.258. The van der Waals surface area contributed by atoms with Crippen LogP contribution in [0.3, 0.4) is 0 Å². The number of pyridine rings is 1. The van der Waals surface area contributed by atoms with Gasteiger partial charge in [-0.15, -0.1) is 0 Å². The van der Waals surface area contributed by atoms with Crippen LogP contribution in [0, 0.1) is 5.92 Å². The Morgan fingerprint density at radius 3 is 2.73 bits per heavy atom. The highest BCUT2D eigenvalue weighted by Crippen LogP contribution is 2.27. The van der Waals surface area contributed by atoms with E-state index in [2.05, 4.69) is 30.6 Å². The second-order valence-electron chi connectivity index (χ2n) is 10.4. The van der Waals surface area contributed by atoms with Crippen LogP contribution >= 0.6 is 11.6 Å². The summed E-state index contributed by atoms with van der Waals surface area (Å²) in [7, 11) is 2.99. The lowest BCUT2D eigenvalue weighted by atomic mass is 9.90. The van der Waals surface area contributed by atoms with Gasteiger partial charge in [0.05, 0.1) is 36.1 Å². The topological polar surface area (TPSA) is 181 Å². The van der Waals surface area contributed by atoms with Crippen LogP contribution in [0.2, 0.25) is 5.02 Å². The van der Waals surface area contributed by atoms with Crippen molar-refractivity contribution in [2.75, 3.05) is 24.9 Å². The SMILES string of the molecule is COC(=O)NC1C=CC(c2cc(C(NC(=O)/C=C/c3cc(Cl)ccc3N(C)N)C(C)Cc3ccc(N)nc3)n[nH]c2=O)=CC1. The van der Waals surface area contributed by atoms with Gasteiger partial charge in [0.1, 0.15) is 5.82 Å². The number of carbonyl (C=O) groups excluding carboxylic acids is 2. The number of alkyl carbamates (subject to hydrolysis) is 1. The number of hydrogen-bond donors (Lipinski definition) is 5. The van der Waals surface area contributed by atoms with E-state index in [0.717, 1.165) is 5.56 Å². The average Bonchev–Trinajstić information content (AvgIpc) is 3.00. The van der Waals surface area contributed by atoms with Crippen LogP contribution in [0.1, 0.15) is 41.8 Å². The van der Waals surface area contributed by atoms with E-state index in [1.54, 1.807) is 61.8 Å². The van der Waals surface area contributed by atoms with Crippen molar-refractivity contribution in [2.45, 2.75) is 31.8 Å². The van der Waals surface area contributed by atoms with Gasteiger partial charge in [-0.25, -0.2) is 20.7 Å². The van der Waals surface area contributed by atoms with Crippen molar-refractivity contribution in [3.05, 3.63) is 105 Å². The van der Waals surface area contributed by atoms with Crippen molar-refractivity contribution in [3.8, 4) is 0 Å². The molecule has 2 aromatic heterocycles. The summed E-state index contributed by atoms with van der Waals surface area (Å²) in [5, 5.41) is 14.6. The maximum absolute atomic E-state index is 13.3. The number of aromatic amines is 1. The summed E-state index contributed by atoms with van der Waals surface area (Å²) in [6.07, 6.45) is 10.6. The molecule has 3 atom stereocenters. The zero-order chi connectivity index (χ0) is 31.8. The second kappa shape index (κ2) is 14.5. The van der Waals surface area contributed by atoms with Gasteiger partial charge in [0, 0.05) is 29.9 Å². The van der Waals surface area contributed by atoms with Crippen LogP contribution in [0.4, 0.5) is 16.3 Å². The van der Waals surface area contributed by atoms with Gasteiger partial charge in [-0.2, -0.15) is 5.10 Å². The molecule has 1 aliphatic carbocycles. The third kappa shape index (κ3) is 8.33. The number of nitrogens with zero attached hydrogens (tertiary/aromatic N) is 3. The molecule has 3 aromatic rings. The van der Waals surface area contributed by atoms with Crippen LogP contribution < -0.4 is 32.8 Å². The molecule has 12 nitrogen and oxygen atoms in total. The predicted molar refractivity (Wildman–Crippen MR) is 171 cm³/mol. The van der Waals surface area contributed by atoms with Gasteiger partial charge >= 0.3 is 6.09 Å². The van der Waals surface area contributed by atoms with Gasteiger partial charge in [-0.1, -0.05) is 42.8 Å². The highest BCUT2D eigenvalue weighted by atomic mass is 35.5. The highest BCUT2D eigenvalue weighted by Gasteiger charge is 2.25. The smallest absolute Gasteiger partial charge is 0.407 e. The lowest BCUT2D eigenvalue weighted by molar-refractivity contribution is -0.117. The van der Waals surface area contributed by atoms with Gasteiger partial charge in [-0.3, -0.25) is 9.59 Å². The number of nitrogens with one attached hydrogen (secondary N) is 3. The first-order chi connectivity index (χ1) is 21.0. The molecule has 230 valence electrons. The molecule has 1 aromatic carbocycles. The highest BCUT2D eigenvalue weighted by molar-refractivity contribution is 6.30. The third-order valence-corrected chi connectivity index (χ3v) is 7.33. The van der Waals surface area contributed by atoms with Crippen molar-refractivity contribution >= 4 is 46.8 Å². The van der Waals surface area contributed by atoms with Gasteiger partial charge in [-0.05, 0) is 66.3 Å². The number of allylic oxidation sites excluding steroid dienone is 2. The first kappa shape index (κ1) is 32.0. The van der Waals surface area contributed by atoms with Crippen molar-refractivity contribution < 1.29 is 14.3 Å². The van der Waals surface area contributed by atoms with E-state index in [1.165, 1.54) is 18.2 Å². The first-order valence-electron chi connectivity index (χ1n) is 13.8. The number of amides is 2. The molecular formula is C31H35ClN8O4. The number of nitrogens with two attached hydrogens (primary N) is 2. The maximum atomic E-state index is 13.3. The number of methoxy groups -OCH3 is 1. The van der Waals surface area contributed by atoms with E-state index in [-0.39, 0.29) is 23.4 Å². The second-order valence-corrected chi connectivity index (χ2v) is 10.9. The van der Waals surface area contributed by atoms with Crippen LogP contribution in [0.5, 0.6) is 0 Å². The Morgan fingerprint density at radius 2 is 2.07 bits per heavy atom. The van der Waals surface area contributed by atoms with Gasteiger partial charge < -0.3 is 26.1 Å². The number of halogens is 1. The summed E-state index contributed by atoms with van der Waals surface area (Å²) in [5.74, 6) is 5.79. The third-order valence-electron chi connectivity index (χ3n) is 7.10. The molecule has 0 radical (unpaired) electrons. The Labute approximate surface area is 259 Å². The van der Waals surface area contributed by atoms with Crippen LogP contribution in [-0.2, 0) is 16.0 Å². The fourth-order valence-corrected chi connectivity index (χ4v) is 5.01. The van der Waals surface area contributed by atoms with E-state index < -0.39 is 12.1 Å². The van der Waals surface area contributed by atoms with E-state index in [9.17, 15) is 14.4 Å². The molecule has 44 heavy (non-hydrogen) atoms. The molecule has 7 N–H and O–H groups in total. The summed E-state index contributed by atoms with van der Waals surface area (Å²) in [5.41, 5.74) is 9.15. The number of hydrogen-bond acceptors (Lipinski definition) is 9. The van der Waals surface area contributed by atoms with Crippen LogP contribution in [0.15, 0.2) is 71.7 Å². The molecule has 13 heteroatoms. The minimum absolute atomic E-state index is 0.176. The molecule has 0 saturated heterocycles. The zero-order valence-corrected chi connectivity index (χ0v) is 25.3. The molecule has 2 heterocycles. The lowest BCUT2D eigenvalue weighted by Gasteiger charge is -2.25. The number of H-pyrrole nitrogens is 1. The Kier molecular flexibility index (Phi) is 10.5. The monoisotopic (exact) mass is 618 g/mol. The summed E-state index contributed by atoms with van der Waals surface area (Å²) in [4.78, 5) is 41.9. The minimum atomic E-state index is -0.599. The summed E-state index contributed by atoms with van der Waals surface area (Å²) >= 11 is 6.18. The molecule has 0 bridgehead atoms. The largest absolute Gasteiger partial charge is 0.453 e. The van der Waals surface area contributed by atoms with Gasteiger partial charge in [0.25, 0.3) is 5.56 Å². The standard InChI is InChI=1S/C31H35ClN8O4/c1-18(14-19-4-12-27(33)35-17-19)29(37-28(41)13-7-21-15-22(32)8-11-26(21)40(2)34)25-16-24(30(42)39-38-25)20-5-9-23(10-6-20)36-31(43)44-3/h4-9,11-13,15-18,23,29H,10,14,34H2,1-3H3,(H2,33,35)(H,36,43)(H,37,41)(H,39,42)/b13-7+. The lowest BCUT2D eigenvalue weighted by Crippen LogP contribution is -2.34. The van der Waals surface area contributed by atoms with Crippen molar-refractivity contribution in [2.24, 2.45) is 11.8 Å². The zero-order valence-electron chi connectivity index (χ0n) is 24.6. The number of carbonyl (C=O) groups is 2. The van der Waals surface area contributed by atoms with Crippen molar-refractivity contribution in [3.63, 3.8) is 0 Å². The summed E-state index contributed by atoms with van der Waals surface area (Å²) < 4.78 is 4.66. The van der Waals surface area contributed by atoms with Gasteiger partial charge in [0.2, 0.25) is 5.91 Å². The number of benzene rings is 1. The van der Waals surface area contributed by atoms with E-state index in [0.29, 0.717) is 51.8 Å². The Bertz CT molecular complexity index is 1650. The predicted octanol–water partition coefficient (Wildman–Crippen LogP) is 3.53. The molecule has 0 aliphatic heterocycles. The first-order valence-corrected chi connectivity index (χ1v) is 14.2. The van der Waals surface area contributed by atoms with Crippen LogP contribution in [0.25, 0.3) is 11.6 Å². The molecule has 4 rings (SSSR count). The van der Waals surface area contributed by atoms with E-state index >= 15 is 0 Å². The number of aromatic nitrogens is 3. The maximum Gasteiger partial charge on any atom is 0.407 e. The molecular weight excluding hydrogens is 584 g/mol. The van der Waals surface area contributed by atoms with Gasteiger partial charge in [0.15, 0.2) is 0 Å². The number of anilines is 2. The average molecular weight is 619 g/mol. The Hall–Kier alpha value is -4.94. The molecule has 2 amide bonds. The number of hydrazine groups is 1. The number of nitrogen functional groups attached to an aromatic ring is 1. The fourth-order valence-electron chi connectivity index (χ4n) is 4.83. The number of rotatable bonds is 10. The van der Waals surface area contributed by atoms with E-state index in [4.69, 9.17) is 23.2 Å². The quantitative estimate of drug-likeness (QED) is 0.129. The Morgan fingerprint density at radius 1 is 1.27 bits per heavy atom. The van der Waals surface area contributed by atoms with E-state index in [1.807, 2.05) is 19.1 Å². The van der Waals surface area contributed by atoms with Crippen LogP contribution in [-0.4, -0.2) is 47.4 Å². The molecule has 1 aliphatic rings. The van der Waals surface area contributed by atoms with Crippen molar-refractivity contribution in [1.29, 1.82) is 0 Å². The van der Waals surface area contributed by atoms with Crippen molar-refractivity contribution in [1.82, 2.24) is 25.8 Å². The Balaban J connectivity index is 1.62. The normalized spacial score (nSPS) is 15.8. The summed E-state index contributed by atoms with van der Waals surface area (Å²) in [6.45, 7) is 1.97. The molecule has 0 spiro atoms. The number of ether oxygens (including phenoxy) is 1. The molecule has 0 saturated carbocycles. The summed E-state index contributed by atoms with van der Waals surface area (Å²) in [6, 6.07) is 9.60. The minimum Gasteiger partial charge on any atom is -0.453 e. The molecule has 3 unspecified atom stereocenters.